The minimum absolute atomic E-state index is 0.337. The van der Waals surface area contributed by atoms with Crippen LogP contribution in [0.4, 0.5) is 0 Å². The van der Waals surface area contributed by atoms with Crippen LogP contribution in [0, 0.1) is 6.92 Å². The Morgan fingerprint density at radius 3 is 2.64 bits per heavy atom. The van der Waals surface area contributed by atoms with Gasteiger partial charge in [-0.05, 0) is 56.4 Å². The smallest absolute Gasteiger partial charge is 0.120 e. The van der Waals surface area contributed by atoms with Crippen molar-refractivity contribution in [3.63, 3.8) is 0 Å². The molecule has 1 aliphatic carbocycles. The Balaban J connectivity index is 2.05. The Morgan fingerprint density at radius 1 is 1.29 bits per heavy atom. The zero-order chi connectivity index (χ0) is 9.97. The van der Waals surface area contributed by atoms with Crippen molar-refractivity contribution in [1.29, 1.82) is 0 Å². The van der Waals surface area contributed by atoms with Gasteiger partial charge in [-0.2, -0.15) is 0 Å². The van der Waals surface area contributed by atoms with E-state index >= 15 is 0 Å². The molecule has 0 bridgehead atoms. The van der Waals surface area contributed by atoms with E-state index in [1.54, 1.807) is 6.07 Å². The molecule has 1 aliphatic rings. The molecule has 0 spiro atoms. The number of benzene rings is 1. The van der Waals surface area contributed by atoms with Gasteiger partial charge in [-0.3, -0.25) is 0 Å². The van der Waals surface area contributed by atoms with Gasteiger partial charge >= 0.3 is 0 Å². The summed E-state index contributed by atoms with van der Waals surface area (Å²) in [6.45, 7) is 1.89. The Morgan fingerprint density at radius 2 is 2.00 bits per heavy atom. The van der Waals surface area contributed by atoms with Gasteiger partial charge in [0.05, 0.1) is 6.10 Å². The number of phenols is 1. The number of ether oxygens (including phenoxy) is 1. The van der Waals surface area contributed by atoms with Crippen LogP contribution in [0.3, 0.4) is 0 Å². The van der Waals surface area contributed by atoms with Crippen LogP contribution in [0.2, 0.25) is 0 Å². The lowest BCUT2D eigenvalue weighted by atomic mass is 10.2. The lowest BCUT2D eigenvalue weighted by molar-refractivity contribution is 0.209. The van der Waals surface area contributed by atoms with Gasteiger partial charge in [-0.1, -0.05) is 0 Å². The average molecular weight is 192 g/mol. The summed E-state index contributed by atoms with van der Waals surface area (Å²) in [7, 11) is 0. The van der Waals surface area contributed by atoms with Gasteiger partial charge in [0.15, 0.2) is 0 Å². The monoisotopic (exact) mass is 192 g/mol. The minimum atomic E-state index is 0.337. The van der Waals surface area contributed by atoms with E-state index in [0.717, 1.165) is 11.3 Å². The zero-order valence-electron chi connectivity index (χ0n) is 8.49. The first kappa shape index (κ1) is 9.38. The summed E-state index contributed by atoms with van der Waals surface area (Å²) >= 11 is 0. The van der Waals surface area contributed by atoms with Crippen molar-refractivity contribution in [2.24, 2.45) is 0 Å². The van der Waals surface area contributed by atoms with Crippen LogP contribution in [-0.2, 0) is 0 Å². The third-order valence-electron chi connectivity index (χ3n) is 2.77. The highest BCUT2D eigenvalue weighted by molar-refractivity contribution is 5.38. The Hall–Kier alpha value is -1.18. The molecule has 0 unspecified atom stereocenters. The molecular weight excluding hydrogens is 176 g/mol. The number of aromatic hydroxyl groups is 1. The van der Waals surface area contributed by atoms with Crippen molar-refractivity contribution in [1.82, 2.24) is 0 Å². The maximum atomic E-state index is 9.35. The molecule has 0 radical (unpaired) electrons. The minimum Gasteiger partial charge on any atom is -0.508 e. The van der Waals surface area contributed by atoms with E-state index in [2.05, 4.69) is 0 Å². The van der Waals surface area contributed by atoms with Crippen LogP contribution in [0.25, 0.3) is 0 Å². The Labute approximate surface area is 84.5 Å². The molecule has 0 saturated heterocycles. The molecule has 0 atom stereocenters. The molecule has 1 saturated carbocycles. The predicted molar refractivity (Wildman–Crippen MR) is 55.7 cm³/mol. The molecule has 2 heteroatoms. The fraction of sp³-hybridized carbons (Fsp3) is 0.500. The van der Waals surface area contributed by atoms with Crippen LogP contribution >= 0.6 is 0 Å². The number of rotatable bonds is 2. The van der Waals surface area contributed by atoms with E-state index < -0.39 is 0 Å². The van der Waals surface area contributed by atoms with E-state index in [-0.39, 0.29) is 0 Å². The molecule has 0 amide bonds. The summed E-state index contributed by atoms with van der Waals surface area (Å²) in [5, 5.41) is 9.35. The zero-order valence-corrected chi connectivity index (χ0v) is 8.49. The van der Waals surface area contributed by atoms with Crippen molar-refractivity contribution in [3.8, 4) is 11.5 Å². The van der Waals surface area contributed by atoms with Gasteiger partial charge in [0.25, 0.3) is 0 Å². The predicted octanol–water partition coefficient (Wildman–Crippen LogP) is 3.02. The first-order chi connectivity index (χ1) is 6.75. The summed E-state index contributed by atoms with van der Waals surface area (Å²) < 4.78 is 5.80. The van der Waals surface area contributed by atoms with Crippen molar-refractivity contribution in [2.75, 3.05) is 0 Å². The molecule has 0 heterocycles. The van der Waals surface area contributed by atoms with E-state index in [1.807, 2.05) is 19.1 Å². The van der Waals surface area contributed by atoms with E-state index in [1.165, 1.54) is 25.7 Å². The van der Waals surface area contributed by atoms with Gasteiger partial charge in [0.2, 0.25) is 0 Å². The lowest BCUT2D eigenvalue weighted by Crippen LogP contribution is -2.10. The molecule has 0 aliphatic heterocycles. The molecule has 1 fully saturated rings. The van der Waals surface area contributed by atoms with Gasteiger partial charge in [0.1, 0.15) is 11.5 Å². The fourth-order valence-corrected chi connectivity index (χ4v) is 1.90. The summed E-state index contributed by atoms with van der Waals surface area (Å²) in [5.74, 6) is 1.22. The summed E-state index contributed by atoms with van der Waals surface area (Å²) in [5.41, 5.74) is 0.875. The van der Waals surface area contributed by atoms with Crippen molar-refractivity contribution < 1.29 is 9.84 Å². The molecular formula is C12H16O2. The van der Waals surface area contributed by atoms with Crippen LogP contribution in [0.5, 0.6) is 11.5 Å². The topological polar surface area (TPSA) is 29.5 Å². The van der Waals surface area contributed by atoms with Crippen LogP contribution in [-0.4, -0.2) is 11.2 Å². The molecule has 76 valence electrons. The number of hydrogen-bond donors (Lipinski definition) is 1. The second-order valence-electron chi connectivity index (χ2n) is 3.97. The highest BCUT2D eigenvalue weighted by atomic mass is 16.5. The van der Waals surface area contributed by atoms with Gasteiger partial charge in [0, 0.05) is 0 Å². The molecule has 2 nitrogen and oxygen atoms in total. The normalized spacial score (nSPS) is 17.2. The van der Waals surface area contributed by atoms with Crippen molar-refractivity contribution in [2.45, 2.75) is 38.7 Å². The first-order valence-electron chi connectivity index (χ1n) is 5.22. The first-order valence-corrected chi connectivity index (χ1v) is 5.22. The lowest BCUT2D eigenvalue weighted by Gasteiger charge is -2.13. The molecule has 2 rings (SSSR count). The van der Waals surface area contributed by atoms with Crippen LogP contribution < -0.4 is 4.74 Å². The second-order valence-corrected chi connectivity index (χ2v) is 3.97. The van der Waals surface area contributed by atoms with Gasteiger partial charge < -0.3 is 9.84 Å². The van der Waals surface area contributed by atoms with E-state index in [0.29, 0.717) is 11.9 Å². The highest BCUT2D eigenvalue weighted by Crippen LogP contribution is 2.27. The fourth-order valence-electron chi connectivity index (χ4n) is 1.90. The van der Waals surface area contributed by atoms with E-state index in [4.69, 9.17) is 4.74 Å². The third kappa shape index (κ3) is 2.00. The van der Waals surface area contributed by atoms with E-state index in [9.17, 15) is 5.11 Å². The maximum Gasteiger partial charge on any atom is 0.120 e. The van der Waals surface area contributed by atoms with Crippen LogP contribution in [0.15, 0.2) is 18.2 Å². The summed E-state index contributed by atoms with van der Waals surface area (Å²) in [6.07, 6.45) is 5.28. The standard InChI is InChI=1S/C12H16O2/c1-9-8-11(6-7-12(9)13)14-10-4-2-3-5-10/h6-8,10,13H,2-5H2,1H3. The highest BCUT2D eigenvalue weighted by Gasteiger charge is 2.16. The van der Waals surface area contributed by atoms with Gasteiger partial charge in [-0.15, -0.1) is 0 Å². The third-order valence-corrected chi connectivity index (χ3v) is 2.77. The quantitative estimate of drug-likeness (QED) is 0.780. The summed E-state index contributed by atoms with van der Waals surface area (Å²) in [4.78, 5) is 0. The molecule has 0 aromatic heterocycles. The van der Waals surface area contributed by atoms with Gasteiger partial charge in [-0.25, -0.2) is 0 Å². The summed E-state index contributed by atoms with van der Waals surface area (Å²) in [6, 6.07) is 5.42. The Bertz CT molecular complexity index is 314. The molecule has 14 heavy (non-hydrogen) atoms. The van der Waals surface area contributed by atoms with Crippen molar-refractivity contribution >= 4 is 0 Å². The SMILES string of the molecule is Cc1cc(OC2CCCC2)ccc1O. The number of aryl methyl sites for hydroxylation is 1. The second kappa shape index (κ2) is 3.91. The largest absolute Gasteiger partial charge is 0.508 e. The molecule has 1 aromatic carbocycles. The maximum absolute atomic E-state index is 9.35. The van der Waals surface area contributed by atoms with Crippen molar-refractivity contribution in [3.05, 3.63) is 23.8 Å². The van der Waals surface area contributed by atoms with Crippen LogP contribution in [0.1, 0.15) is 31.2 Å². The Kier molecular flexibility index (Phi) is 2.62. The number of phenolic OH excluding ortho intramolecular Hbond substituents is 1. The molecule has 1 N–H and O–H groups in total. The molecule has 1 aromatic rings. The average Bonchev–Trinajstić information content (AvgIpc) is 2.64. The number of hydrogen-bond acceptors (Lipinski definition) is 2.